The summed E-state index contributed by atoms with van der Waals surface area (Å²) in [5.41, 5.74) is 2.46. The van der Waals surface area contributed by atoms with Crippen LogP contribution in [-0.4, -0.2) is 115 Å². The Morgan fingerprint density at radius 2 is 1.55 bits per heavy atom. The highest BCUT2D eigenvalue weighted by molar-refractivity contribution is 7.85. The van der Waals surface area contributed by atoms with Crippen LogP contribution >= 0.6 is 0 Å². The molecule has 0 bridgehead atoms. The number of nitrogens with zero attached hydrogens (tertiary/aromatic N) is 2. The number of ether oxygens (including phenoxy) is 2. The standard InChI is InChI=1S/C53H64N4O13S/c1-32-26-34(27-33(2)48(32)70-50(63)46-38-10-5-7-12-41(38)57(22-9-25-71(65,66)67)42-13-8-6-11-39(42)46)49(62)55-21-24-68-23-20-54-45(61)31-69-56-36-16-18-51(3)35(28-36)14-15-37-40-17-19-53(64,44(60)30-58)52(40,4)29-43(59)47(37)51/h5-8,10-13,26-28,37,40,43,47,58-59,64H,9,14-25,29-31H2,1-4H3,(H2-,54,55,61,62,65,66,67)/p+1/b56-36+. The number of rotatable bonds is 18. The zero-order valence-corrected chi connectivity index (χ0v) is 41.6. The Balaban J connectivity index is 0.774. The molecule has 4 aliphatic carbocycles. The molecule has 3 saturated carbocycles. The number of aromatic nitrogens is 1. The number of nitrogens with one attached hydrogen (secondary N) is 2. The van der Waals surface area contributed by atoms with Crippen molar-refractivity contribution in [1.82, 2.24) is 10.6 Å². The number of benzene rings is 3. The molecule has 1 aromatic heterocycles. The third kappa shape index (κ3) is 10.2. The van der Waals surface area contributed by atoms with Gasteiger partial charge in [0.2, 0.25) is 11.0 Å². The van der Waals surface area contributed by atoms with Gasteiger partial charge in [0.15, 0.2) is 18.9 Å². The number of aliphatic hydroxyl groups is 3. The largest absolute Gasteiger partial charge is 0.422 e. The van der Waals surface area contributed by atoms with E-state index in [-0.39, 0.29) is 80.9 Å². The molecule has 4 aliphatic rings. The summed E-state index contributed by atoms with van der Waals surface area (Å²) in [6.07, 6.45) is 5.74. The first-order valence-electron chi connectivity index (χ1n) is 24.5. The summed E-state index contributed by atoms with van der Waals surface area (Å²) in [6.45, 7) is 7.72. The number of aliphatic hydroxyl groups excluding tert-OH is 2. The van der Waals surface area contributed by atoms with Gasteiger partial charge in [0, 0.05) is 42.6 Å². The van der Waals surface area contributed by atoms with Crippen molar-refractivity contribution in [3.8, 4) is 5.75 Å². The molecule has 71 heavy (non-hydrogen) atoms. The lowest BCUT2D eigenvalue weighted by Crippen LogP contribution is -2.62. The molecule has 8 rings (SSSR count). The van der Waals surface area contributed by atoms with Crippen molar-refractivity contribution >= 4 is 61.2 Å². The minimum atomic E-state index is -4.15. The molecule has 18 heteroatoms. The average Bonchev–Trinajstić information content (AvgIpc) is 3.60. The SMILES string of the molecule is Cc1cc(C(=O)NCCOCCNC(=O)CO/N=C2/C=C3CCC4C(C(O)CC5(C)C4CCC5(O)C(=O)CO)C3(C)CC2)cc(C)c1OC(=O)c1c2ccccc2[n+](CCCS(=O)(=O)O)c2ccccc12. The number of hydrogen-bond acceptors (Lipinski definition) is 13. The number of oxime groups is 1. The molecule has 3 aromatic carbocycles. The van der Waals surface area contributed by atoms with Crippen LogP contribution in [0.15, 0.2) is 77.5 Å². The molecule has 3 fully saturated rings. The molecule has 0 saturated heterocycles. The van der Waals surface area contributed by atoms with Crippen molar-refractivity contribution in [3.63, 3.8) is 0 Å². The number of allylic oxidation sites excluding steroid dienone is 2. The molecule has 1 heterocycles. The Morgan fingerprint density at radius 3 is 2.20 bits per heavy atom. The minimum absolute atomic E-state index is 0.0304. The zero-order chi connectivity index (χ0) is 50.9. The van der Waals surface area contributed by atoms with E-state index in [1.807, 2.05) is 41.8 Å². The van der Waals surface area contributed by atoms with Crippen molar-refractivity contribution in [2.45, 2.75) is 97.3 Å². The van der Waals surface area contributed by atoms with Gasteiger partial charge in [-0.3, -0.25) is 18.9 Å². The van der Waals surface area contributed by atoms with E-state index < -0.39 is 51.4 Å². The van der Waals surface area contributed by atoms with Gasteiger partial charge in [0.25, 0.3) is 21.9 Å². The van der Waals surface area contributed by atoms with Gasteiger partial charge < -0.3 is 40.3 Å². The number of aryl methyl sites for hydroxylation is 3. The molecule has 0 radical (unpaired) electrons. The quantitative estimate of drug-likeness (QED) is 0.0149. The maximum atomic E-state index is 14.1. The van der Waals surface area contributed by atoms with Gasteiger partial charge in [0.05, 0.1) is 47.1 Å². The summed E-state index contributed by atoms with van der Waals surface area (Å²) < 4.78 is 45.8. The van der Waals surface area contributed by atoms with Crippen LogP contribution in [0.25, 0.3) is 21.8 Å². The number of carbonyl (C=O) groups excluding carboxylic acids is 4. The van der Waals surface area contributed by atoms with E-state index in [1.165, 1.54) is 5.57 Å². The van der Waals surface area contributed by atoms with E-state index in [1.54, 1.807) is 50.2 Å². The summed E-state index contributed by atoms with van der Waals surface area (Å²) in [4.78, 5) is 57.9. The fraction of sp³-hybridized carbons (Fsp3) is 0.509. The van der Waals surface area contributed by atoms with E-state index in [0.29, 0.717) is 75.5 Å². The van der Waals surface area contributed by atoms with Crippen LogP contribution in [0.2, 0.25) is 0 Å². The number of para-hydroxylation sites is 2. The fourth-order valence-electron chi connectivity index (χ4n) is 12.7. The molecule has 7 unspecified atom stereocenters. The summed E-state index contributed by atoms with van der Waals surface area (Å²) in [5.74, 6) is -1.77. The van der Waals surface area contributed by atoms with Crippen LogP contribution < -0.4 is 19.9 Å². The van der Waals surface area contributed by atoms with Crippen LogP contribution in [0.3, 0.4) is 0 Å². The Morgan fingerprint density at radius 1 is 0.901 bits per heavy atom. The average molecular weight is 998 g/mol. The molecule has 4 aromatic rings. The van der Waals surface area contributed by atoms with Crippen LogP contribution in [0.4, 0.5) is 0 Å². The second-order valence-corrected chi connectivity index (χ2v) is 21.8. The topological polar surface area (TPSA) is 251 Å². The van der Waals surface area contributed by atoms with Crippen molar-refractivity contribution < 1.29 is 66.3 Å². The van der Waals surface area contributed by atoms with Gasteiger partial charge in [0.1, 0.15) is 18.0 Å². The first-order valence-corrected chi connectivity index (χ1v) is 26.1. The van der Waals surface area contributed by atoms with Crippen molar-refractivity contribution in [2.24, 2.45) is 33.7 Å². The van der Waals surface area contributed by atoms with Crippen LogP contribution in [0.1, 0.15) is 97.1 Å². The van der Waals surface area contributed by atoms with Crippen LogP contribution in [0.5, 0.6) is 5.75 Å². The third-order valence-electron chi connectivity index (χ3n) is 16.0. The molecule has 7 atom stereocenters. The molecule has 0 spiro atoms. The molecule has 17 nitrogen and oxygen atoms in total. The van der Waals surface area contributed by atoms with Gasteiger partial charge in [-0.1, -0.05) is 48.8 Å². The number of pyridine rings is 1. The second-order valence-electron chi connectivity index (χ2n) is 20.2. The number of ketones is 1. The van der Waals surface area contributed by atoms with E-state index in [0.717, 1.165) is 25.0 Å². The van der Waals surface area contributed by atoms with Gasteiger partial charge in [-0.25, -0.2) is 4.79 Å². The molecule has 6 N–H and O–H groups in total. The number of Topliss-reactive ketones (excluding diaryl/α,β-unsaturated/α-hetero) is 1. The van der Waals surface area contributed by atoms with Crippen molar-refractivity contribution in [2.75, 3.05) is 45.3 Å². The molecular formula is C53H65N4O13S+. The predicted molar refractivity (Wildman–Crippen MR) is 263 cm³/mol. The number of hydrogen-bond donors (Lipinski definition) is 6. The minimum Gasteiger partial charge on any atom is -0.422 e. The fourth-order valence-corrected chi connectivity index (χ4v) is 13.2. The van der Waals surface area contributed by atoms with Crippen molar-refractivity contribution in [3.05, 3.63) is 94.6 Å². The first-order chi connectivity index (χ1) is 33.8. The highest BCUT2D eigenvalue weighted by Crippen LogP contribution is 2.67. The van der Waals surface area contributed by atoms with Gasteiger partial charge >= 0.3 is 5.97 Å². The Kier molecular flexibility index (Phi) is 15.2. The third-order valence-corrected chi connectivity index (χ3v) is 16.8. The lowest BCUT2D eigenvalue weighted by molar-refractivity contribution is -0.645. The highest BCUT2D eigenvalue weighted by atomic mass is 32.2. The maximum absolute atomic E-state index is 14.1. The van der Waals surface area contributed by atoms with Gasteiger partial charge in [-0.05, 0) is 123 Å². The highest BCUT2D eigenvalue weighted by Gasteiger charge is 2.68. The van der Waals surface area contributed by atoms with Gasteiger partial charge in [-0.15, -0.1) is 0 Å². The van der Waals surface area contributed by atoms with Gasteiger partial charge in [-0.2, -0.15) is 13.0 Å². The lowest BCUT2D eigenvalue weighted by Gasteiger charge is -2.60. The normalized spacial score (nSPS) is 26.5. The maximum Gasteiger partial charge on any atom is 0.345 e. The number of esters is 1. The zero-order valence-electron chi connectivity index (χ0n) is 40.7. The van der Waals surface area contributed by atoms with E-state index >= 15 is 0 Å². The summed E-state index contributed by atoms with van der Waals surface area (Å²) in [6, 6.07) is 17.9. The number of amides is 2. The molecule has 2 amide bonds. The Hall–Kier alpha value is -5.63. The summed E-state index contributed by atoms with van der Waals surface area (Å²) in [7, 11) is -4.15. The Labute approximate surface area is 413 Å². The lowest BCUT2D eigenvalue weighted by atomic mass is 9.45. The van der Waals surface area contributed by atoms with E-state index in [4.69, 9.17) is 14.3 Å². The van der Waals surface area contributed by atoms with E-state index in [9.17, 15) is 47.5 Å². The Bertz CT molecular complexity index is 2840. The first kappa shape index (κ1) is 51.7. The van der Waals surface area contributed by atoms with Crippen LogP contribution in [-0.2, 0) is 35.8 Å². The summed E-state index contributed by atoms with van der Waals surface area (Å²) in [5, 5.41) is 43.9. The predicted octanol–water partition coefficient (Wildman–Crippen LogP) is 4.86. The molecule has 0 aliphatic heterocycles. The number of fused-ring (bicyclic) bond motifs is 7. The molecular weight excluding hydrogens is 933 g/mol. The van der Waals surface area contributed by atoms with E-state index in [2.05, 4.69) is 22.7 Å². The monoisotopic (exact) mass is 997 g/mol. The smallest absolute Gasteiger partial charge is 0.345 e. The molecule has 380 valence electrons. The van der Waals surface area contributed by atoms with Crippen LogP contribution in [0, 0.1) is 42.4 Å². The number of carbonyl (C=O) groups is 4. The summed E-state index contributed by atoms with van der Waals surface area (Å²) >= 11 is 0. The van der Waals surface area contributed by atoms with Crippen molar-refractivity contribution in [1.29, 1.82) is 0 Å². The second kappa shape index (κ2) is 20.8.